The molecule has 0 aromatic heterocycles. The molecule has 0 unspecified atom stereocenters. The number of amides is 1. The molecule has 0 radical (unpaired) electrons. The summed E-state index contributed by atoms with van der Waals surface area (Å²) in [4.78, 5) is 34.0. The third-order valence-electron chi connectivity index (χ3n) is 3.82. The zero-order valence-corrected chi connectivity index (χ0v) is 15.8. The Hall–Kier alpha value is -3.35. The maximum Gasteiger partial charge on any atom is 0.411 e. The van der Waals surface area contributed by atoms with E-state index in [1.807, 2.05) is 30.3 Å². The van der Waals surface area contributed by atoms with E-state index in [0.29, 0.717) is 5.69 Å². The van der Waals surface area contributed by atoms with Gasteiger partial charge in [-0.25, -0.2) is 4.79 Å². The number of carbonyl (C=O) groups is 3. The molecule has 0 saturated carbocycles. The highest BCUT2D eigenvalue weighted by molar-refractivity contribution is 5.84. The van der Waals surface area contributed by atoms with Crippen molar-refractivity contribution in [3.05, 3.63) is 65.7 Å². The first-order valence-corrected chi connectivity index (χ1v) is 8.78. The van der Waals surface area contributed by atoms with Crippen LogP contribution in [0.3, 0.4) is 0 Å². The van der Waals surface area contributed by atoms with Gasteiger partial charge in [0, 0.05) is 19.5 Å². The Morgan fingerprint density at radius 3 is 1.93 bits per heavy atom. The van der Waals surface area contributed by atoms with Gasteiger partial charge in [-0.05, 0) is 23.3 Å². The summed E-state index contributed by atoms with van der Waals surface area (Å²) >= 11 is 0. The van der Waals surface area contributed by atoms with Crippen LogP contribution in [0.1, 0.15) is 30.9 Å². The molecule has 1 N–H and O–H groups in total. The number of nitrogens with one attached hydrogen (secondary N) is 1. The van der Waals surface area contributed by atoms with Crippen LogP contribution in [0, 0.1) is 0 Å². The second-order valence-corrected chi connectivity index (χ2v) is 6.11. The quantitative estimate of drug-likeness (QED) is 0.551. The molecule has 2 aromatic rings. The number of rotatable bonds is 8. The highest BCUT2D eigenvalue weighted by Crippen LogP contribution is 2.20. The summed E-state index contributed by atoms with van der Waals surface area (Å²) in [7, 11) is 0. The first-order valence-electron chi connectivity index (χ1n) is 8.78. The van der Waals surface area contributed by atoms with Crippen molar-refractivity contribution in [2.75, 3.05) is 18.5 Å². The minimum Gasteiger partial charge on any atom is -0.465 e. The summed E-state index contributed by atoms with van der Waals surface area (Å²) in [5, 5.41) is 2.65. The predicted octanol–water partition coefficient (Wildman–Crippen LogP) is 3.65. The van der Waals surface area contributed by atoms with Crippen LogP contribution in [0.25, 0.3) is 0 Å². The van der Waals surface area contributed by atoms with E-state index in [4.69, 9.17) is 14.2 Å². The molecule has 0 heterocycles. The summed E-state index contributed by atoms with van der Waals surface area (Å²) < 4.78 is 15.3. The lowest BCUT2D eigenvalue weighted by molar-refractivity contribution is -0.144. The molecule has 2 rings (SSSR count). The molecule has 0 aliphatic heterocycles. The van der Waals surface area contributed by atoms with Crippen molar-refractivity contribution in [3.63, 3.8) is 0 Å². The van der Waals surface area contributed by atoms with Crippen molar-refractivity contribution < 1.29 is 28.6 Å². The Bertz CT molecular complexity index is 770. The molecular weight excluding hydrogens is 362 g/mol. The van der Waals surface area contributed by atoms with E-state index in [-0.39, 0.29) is 25.7 Å². The molecule has 1 amide bonds. The third kappa shape index (κ3) is 7.49. The van der Waals surface area contributed by atoms with Gasteiger partial charge in [0.25, 0.3) is 0 Å². The van der Waals surface area contributed by atoms with Crippen LogP contribution in [0.15, 0.2) is 54.6 Å². The van der Waals surface area contributed by atoms with Crippen molar-refractivity contribution in [3.8, 4) is 0 Å². The van der Waals surface area contributed by atoms with Gasteiger partial charge in [-0.15, -0.1) is 0 Å². The highest BCUT2D eigenvalue weighted by Gasteiger charge is 2.16. The predicted molar refractivity (Wildman–Crippen MR) is 103 cm³/mol. The number of hydrogen-bond donors (Lipinski definition) is 1. The Labute approximate surface area is 163 Å². The molecule has 7 heteroatoms. The molecule has 0 saturated heterocycles. The van der Waals surface area contributed by atoms with E-state index in [1.165, 1.54) is 13.8 Å². The van der Waals surface area contributed by atoms with E-state index >= 15 is 0 Å². The minimum atomic E-state index is -0.562. The van der Waals surface area contributed by atoms with E-state index in [0.717, 1.165) is 11.1 Å². The monoisotopic (exact) mass is 385 g/mol. The largest absolute Gasteiger partial charge is 0.465 e. The SMILES string of the molecule is CC(=O)OCC(COC(C)=O)c1ccc(NC(=O)OCc2ccccc2)cc1. The zero-order chi connectivity index (χ0) is 20.4. The zero-order valence-electron chi connectivity index (χ0n) is 15.8. The first-order chi connectivity index (χ1) is 13.4. The molecule has 0 spiro atoms. The second kappa shape index (κ2) is 10.7. The number of benzene rings is 2. The number of carbonyl (C=O) groups excluding carboxylic acids is 3. The van der Waals surface area contributed by atoms with E-state index in [2.05, 4.69) is 5.32 Å². The van der Waals surface area contributed by atoms with Gasteiger partial charge in [0.2, 0.25) is 0 Å². The van der Waals surface area contributed by atoms with E-state index in [9.17, 15) is 14.4 Å². The van der Waals surface area contributed by atoms with Crippen LogP contribution < -0.4 is 5.32 Å². The average Bonchev–Trinajstić information content (AvgIpc) is 2.68. The van der Waals surface area contributed by atoms with Gasteiger partial charge >= 0.3 is 18.0 Å². The summed E-state index contributed by atoms with van der Waals surface area (Å²) in [5.41, 5.74) is 2.26. The van der Waals surface area contributed by atoms with Gasteiger partial charge in [0.1, 0.15) is 19.8 Å². The fraction of sp³-hybridized carbons (Fsp3) is 0.286. The fourth-order valence-electron chi connectivity index (χ4n) is 2.39. The first kappa shape index (κ1) is 21.0. The van der Waals surface area contributed by atoms with Crippen molar-refractivity contribution in [2.24, 2.45) is 0 Å². The van der Waals surface area contributed by atoms with Crippen molar-refractivity contribution >= 4 is 23.7 Å². The third-order valence-corrected chi connectivity index (χ3v) is 3.82. The summed E-state index contributed by atoms with van der Waals surface area (Å²) in [6, 6.07) is 16.3. The van der Waals surface area contributed by atoms with Crippen LogP contribution in [0.2, 0.25) is 0 Å². The number of hydrogen-bond acceptors (Lipinski definition) is 6. The topological polar surface area (TPSA) is 90.9 Å². The Morgan fingerprint density at radius 1 is 0.821 bits per heavy atom. The average molecular weight is 385 g/mol. The Balaban J connectivity index is 1.92. The number of ether oxygens (including phenoxy) is 3. The van der Waals surface area contributed by atoms with Crippen molar-refractivity contribution in [1.29, 1.82) is 0 Å². The molecule has 0 aliphatic carbocycles. The lowest BCUT2D eigenvalue weighted by atomic mass is 10.0. The summed E-state index contributed by atoms with van der Waals surface area (Å²) in [6.07, 6.45) is -0.562. The summed E-state index contributed by atoms with van der Waals surface area (Å²) in [6.45, 7) is 2.99. The molecule has 0 bridgehead atoms. The Kier molecular flexibility index (Phi) is 8.02. The Morgan fingerprint density at radius 2 is 1.39 bits per heavy atom. The number of anilines is 1. The lowest BCUT2D eigenvalue weighted by Gasteiger charge is -2.17. The van der Waals surface area contributed by atoms with Crippen LogP contribution >= 0.6 is 0 Å². The molecule has 0 atom stereocenters. The van der Waals surface area contributed by atoms with Crippen molar-refractivity contribution in [1.82, 2.24) is 0 Å². The van der Waals surface area contributed by atoms with Crippen LogP contribution in [-0.4, -0.2) is 31.2 Å². The highest BCUT2D eigenvalue weighted by atomic mass is 16.6. The minimum absolute atomic E-state index is 0.0918. The van der Waals surface area contributed by atoms with Crippen LogP contribution in [-0.2, 0) is 30.4 Å². The maximum absolute atomic E-state index is 11.9. The smallest absolute Gasteiger partial charge is 0.411 e. The summed E-state index contributed by atoms with van der Waals surface area (Å²) in [5.74, 6) is -1.12. The van der Waals surface area contributed by atoms with Gasteiger partial charge in [0.05, 0.1) is 5.92 Å². The molecule has 0 fully saturated rings. The van der Waals surface area contributed by atoms with Gasteiger partial charge < -0.3 is 14.2 Å². The van der Waals surface area contributed by atoms with Crippen LogP contribution in [0.4, 0.5) is 10.5 Å². The van der Waals surface area contributed by atoms with E-state index in [1.54, 1.807) is 24.3 Å². The van der Waals surface area contributed by atoms with Gasteiger partial charge in [0.15, 0.2) is 0 Å². The van der Waals surface area contributed by atoms with Gasteiger partial charge in [-0.3, -0.25) is 14.9 Å². The molecule has 0 aliphatic rings. The molecule has 7 nitrogen and oxygen atoms in total. The molecular formula is C21H23NO6. The standard InChI is InChI=1S/C21H23NO6/c1-15(23)26-13-19(14-27-16(2)24)18-8-10-20(11-9-18)22-21(25)28-12-17-6-4-3-5-7-17/h3-11,19H,12-14H2,1-2H3,(H,22,25). The van der Waals surface area contributed by atoms with E-state index < -0.39 is 18.0 Å². The molecule has 2 aromatic carbocycles. The van der Waals surface area contributed by atoms with Gasteiger partial charge in [-0.1, -0.05) is 42.5 Å². The maximum atomic E-state index is 11.9. The molecule has 28 heavy (non-hydrogen) atoms. The van der Waals surface area contributed by atoms with Gasteiger partial charge in [-0.2, -0.15) is 0 Å². The fourth-order valence-corrected chi connectivity index (χ4v) is 2.39. The van der Waals surface area contributed by atoms with Crippen LogP contribution in [0.5, 0.6) is 0 Å². The lowest BCUT2D eigenvalue weighted by Crippen LogP contribution is -2.18. The second-order valence-electron chi connectivity index (χ2n) is 6.11. The van der Waals surface area contributed by atoms with Crippen molar-refractivity contribution in [2.45, 2.75) is 26.4 Å². The molecule has 148 valence electrons. The normalized spacial score (nSPS) is 10.2. The number of esters is 2.